The van der Waals surface area contributed by atoms with Crippen molar-refractivity contribution in [2.75, 3.05) is 5.75 Å². The van der Waals surface area contributed by atoms with Gasteiger partial charge in [-0.05, 0) is 18.2 Å². The lowest BCUT2D eigenvalue weighted by molar-refractivity contribution is -0.138. The van der Waals surface area contributed by atoms with Gasteiger partial charge in [-0.3, -0.25) is 4.79 Å². The van der Waals surface area contributed by atoms with Crippen molar-refractivity contribution in [3.05, 3.63) is 29.8 Å². The van der Waals surface area contributed by atoms with Crippen LogP contribution in [0.2, 0.25) is 0 Å². The summed E-state index contributed by atoms with van der Waals surface area (Å²) >= 11 is 0. The summed E-state index contributed by atoms with van der Waals surface area (Å²) in [4.78, 5) is 9.73. The maximum absolute atomic E-state index is 12.4. The fourth-order valence-electron chi connectivity index (χ4n) is 1.21. The highest BCUT2D eigenvalue weighted by Gasteiger charge is 2.31. The van der Waals surface area contributed by atoms with Gasteiger partial charge in [0.1, 0.15) is 0 Å². The minimum Gasteiger partial charge on any atom is -0.481 e. The maximum Gasteiger partial charge on any atom is 0.416 e. The van der Waals surface area contributed by atoms with Gasteiger partial charge in [0, 0.05) is 0 Å². The van der Waals surface area contributed by atoms with Crippen molar-refractivity contribution < 1.29 is 31.5 Å². The minimum absolute atomic E-state index is 0.497. The number of benzene rings is 1. The van der Waals surface area contributed by atoms with Crippen LogP contribution >= 0.6 is 0 Å². The Labute approximate surface area is 101 Å². The van der Waals surface area contributed by atoms with Gasteiger partial charge in [-0.25, -0.2) is 8.42 Å². The van der Waals surface area contributed by atoms with Crippen LogP contribution in [0.25, 0.3) is 0 Å². The number of aliphatic carboxylic acids is 1. The van der Waals surface area contributed by atoms with Gasteiger partial charge in [0.25, 0.3) is 0 Å². The smallest absolute Gasteiger partial charge is 0.416 e. The molecule has 18 heavy (non-hydrogen) atoms. The number of carboxylic acid groups (broad SMARTS) is 1. The quantitative estimate of drug-likeness (QED) is 0.916. The monoisotopic (exact) mass is 282 g/mol. The Morgan fingerprint density at radius 1 is 1.28 bits per heavy atom. The number of hydrogen-bond acceptors (Lipinski definition) is 3. The third-order valence-electron chi connectivity index (χ3n) is 2.11. The van der Waals surface area contributed by atoms with Crippen LogP contribution < -0.4 is 0 Å². The molecule has 0 atom stereocenters. The molecule has 0 amide bonds. The van der Waals surface area contributed by atoms with Crippen molar-refractivity contribution in [1.29, 1.82) is 0 Å². The summed E-state index contributed by atoms with van der Waals surface area (Å²) in [6.07, 6.45) is -5.29. The molecular formula is C10H9F3O4S. The Hall–Kier alpha value is -1.57. The van der Waals surface area contributed by atoms with Crippen molar-refractivity contribution in [2.24, 2.45) is 0 Å². The second-order valence-electron chi connectivity index (χ2n) is 3.49. The van der Waals surface area contributed by atoms with E-state index in [2.05, 4.69) is 0 Å². The molecule has 0 saturated carbocycles. The van der Waals surface area contributed by atoms with Gasteiger partial charge in [0.2, 0.25) is 0 Å². The SMILES string of the molecule is O=C(O)CCS(=O)(=O)c1cccc(C(F)(F)F)c1. The van der Waals surface area contributed by atoms with Crippen LogP contribution in [-0.4, -0.2) is 25.2 Å². The molecule has 0 aliphatic carbocycles. The van der Waals surface area contributed by atoms with Crippen LogP contribution in [0.5, 0.6) is 0 Å². The Morgan fingerprint density at radius 3 is 2.39 bits per heavy atom. The molecule has 1 aromatic carbocycles. The summed E-state index contributed by atoms with van der Waals surface area (Å²) in [6.45, 7) is 0. The zero-order valence-electron chi connectivity index (χ0n) is 8.94. The van der Waals surface area contributed by atoms with Gasteiger partial charge in [0.15, 0.2) is 9.84 Å². The lowest BCUT2D eigenvalue weighted by atomic mass is 10.2. The molecule has 1 N–H and O–H groups in total. The lowest BCUT2D eigenvalue weighted by Gasteiger charge is -2.08. The van der Waals surface area contributed by atoms with Crippen LogP contribution in [0.15, 0.2) is 29.2 Å². The van der Waals surface area contributed by atoms with Crippen molar-refractivity contribution in [1.82, 2.24) is 0 Å². The average Bonchev–Trinajstić information content (AvgIpc) is 2.26. The normalized spacial score (nSPS) is 12.4. The zero-order chi connectivity index (χ0) is 14.0. The molecule has 0 spiro atoms. The van der Waals surface area contributed by atoms with E-state index in [1.54, 1.807) is 0 Å². The molecule has 0 aromatic heterocycles. The van der Waals surface area contributed by atoms with E-state index in [1.165, 1.54) is 0 Å². The number of rotatable bonds is 4. The predicted octanol–water partition coefficient (Wildman–Crippen LogP) is 1.95. The number of carboxylic acids is 1. The van der Waals surface area contributed by atoms with Gasteiger partial charge in [-0.1, -0.05) is 6.07 Å². The van der Waals surface area contributed by atoms with Crippen LogP contribution in [0.4, 0.5) is 13.2 Å². The van der Waals surface area contributed by atoms with Gasteiger partial charge >= 0.3 is 12.1 Å². The van der Waals surface area contributed by atoms with E-state index in [4.69, 9.17) is 5.11 Å². The maximum atomic E-state index is 12.4. The van der Waals surface area contributed by atoms with E-state index in [-0.39, 0.29) is 0 Å². The van der Waals surface area contributed by atoms with Crippen LogP contribution in [0.1, 0.15) is 12.0 Å². The predicted molar refractivity (Wildman–Crippen MR) is 55.7 cm³/mol. The molecule has 0 bridgehead atoms. The summed E-state index contributed by atoms with van der Waals surface area (Å²) in [5.74, 6) is -2.06. The highest BCUT2D eigenvalue weighted by atomic mass is 32.2. The summed E-state index contributed by atoms with van der Waals surface area (Å²) in [5.41, 5.74) is -1.08. The van der Waals surface area contributed by atoms with E-state index in [1.807, 2.05) is 0 Å². The first-order valence-corrected chi connectivity index (χ1v) is 6.40. The molecule has 0 saturated heterocycles. The topological polar surface area (TPSA) is 71.4 Å². The van der Waals surface area contributed by atoms with Crippen LogP contribution in [-0.2, 0) is 20.8 Å². The first-order chi connectivity index (χ1) is 8.13. The molecule has 1 rings (SSSR count). The third kappa shape index (κ3) is 3.73. The number of hydrogen-bond donors (Lipinski definition) is 1. The standard InChI is InChI=1S/C10H9F3O4S/c11-10(12,13)7-2-1-3-8(6-7)18(16,17)5-4-9(14)15/h1-3,6H,4-5H2,(H,14,15). The minimum atomic E-state index is -4.64. The molecule has 0 fully saturated rings. The Kier molecular flexibility index (Phi) is 4.00. The Morgan fingerprint density at radius 2 is 1.89 bits per heavy atom. The van der Waals surface area contributed by atoms with Crippen molar-refractivity contribution in [3.63, 3.8) is 0 Å². The van der Waals surface area contributed by atoms with E-state index in [9.17, 15) is 26.4 Å². The molecule has 0 radical (unpaired) electrons. The summed E-state index contributed by atoms with van der Waals surface area (Å²) in [5, 5.41) is 8.36. The van der Waals surface area contributed by atoms with E-state index in [0.717, 1.165) is 18.2 Å². The lowest BCUT2D eigenvalue weighted by Crippen LogP contribution is -2.12. The second kappa shape index (κ2) is 4.97. The van der Waals surface area contributed by atoms with Crippen LogP contribution in [0.3, 0.4) is 0 Å². The summed E-state index contributed by atoms with van der Waals surface area (Å²) in [6, 6.07) is 3.22. The molecular weight excluding hydrogens is 273 g/mol. The van der Waals surface area contributed by atoms with Crippen LogP contribution in [0, 0.1) is 0 Å². The first-order valence-electron chi connectivity index (χ1n) is 4.75. The molecule has 4 nitrogen and oxygen atoms in total. The van der Waals surface area contributed by atoms with E-state index in [0.29, 0.717) is 6.07 Å². The molecule has 8 heteroatoms. The van der Waals surface area contributed by atoms with E-state index < -0.39 is 44.6 Å². The highest BCUT2D eigenvalue weighted by molar-refractivity contribution is 7.91. The van der Waals surface area contributed by atoms with Crippen molar-refractivity contribution >= 4 is 15.8 Å². The van der Waals surface area contributed by atoms with Gasteiger partial charge in [-0.2, -0.15) is 13.2 Å². The Balaban J connectivity index is 3.07. The summed E-state index contributed by atoms with van der Waals surface area (Å²) in [7, 11) is -4.02. The largest absolute Gasteiger partial charge is 0.481 e. The first kappa shape index (κ1) is 14.5. The number of halogens is 3. The molecule has 0 aliphatic heterocycles. The number of alkyl halides is 3. The number of sulfone groups is 1. The molecule has 0 aliphatic rings. The summed E-state index contributed by atoms with van der Waals surface area (Å²) < 4.78 is 60.3. The molecule has 0 heterocycles. The third-order valence-corrected chi connectivity index (χ3v) is 3.82. The van der Waals surface area contributed by atoms with Crippen molar-refractivity contribution in [3.8, 4) is 0 Å². The average molecular weight is 282 g/mol. The van der Waals surface area contributed by atoms with Gasteiger partial charge in [-0.15, -0.1) is 0 Å². The highest BCUT2D eigenvalue weighted by Crippen LogP contribution is 2.30. The second-order valence-corrected chi connectivity index (χ2v) is 5.60. The Bertz CT molecular complexity index is 548. The fourth-order valence-corrected chi connectivity index (χ4v) is 2.48. The molecule has 1 aromatic rings. The van der Waals surface area contributed by atoms with Gasteiger partial charge in [0.05, 0.1) is 22.6 Å². The molecule has 0 unspecified atom stereocenters. The fraction of sp³-hybridized carbons (Fsp3) is 0.300. The van der Waals surface area contributed by atoms with Crippen molar-refractivity contribution in [2.45, 2.75) is 17.5 Å². The zero-order valence-corrected chi connectivity index (χ0v) is 9.75. The van der Waals surface area contributed by atoms with E-state index >= 15 is 0 Å². The van der Waals surface area contributed by atoms with Gasteiger partial charge < -0.3 is 5.11 Å². The molecule has 100 valence electrons. The number of carbonyl (C=O) groups is 1.